The number of fused-ring (bicyclic) bond motifs is 24. The molecule has 0 N–H and O–H groups in total. The van der Waals surface area contributed by atoms with Crippen molar-refractivity contribution in [3.63, 3.8) is 0 Å². The lowest BCUT2D eigenvalue weighted by molar-refractivity contribution is 0.104. The van der Waals surface area contributed by atoms with E-state index in [-0.39, 0.29) is 0 Å². The van der Waals surface area contributed by atoms with Gasteiger partial charge in [0.25, 0.3) is 0 Å². The van der Waals surface area contributed by atoms with Crippen molar-refractivity contribution in [3.05, 3.63) is 28.5 Å². The van der Waals surface area contributed by atoms with Crippen LogP contribution in [-0.4, -0.2) is 29.0 Å². The van der Waals surface area contributed by atoms with Crippen LogP contribution >= 0.6 is 15.9 Å². The second-order valence-corrected chi connectivity index (χ2v) is 13.3. The van der Waals surface area contributed by atoms with Crippen molar-refractivity contribution in [3.8, 4) is 0 Å². The third-order valence-electron chi connectivity index (χ3n) is 9.26. The molecule has 3 unspecified atom stereocenters. The molecule has 3 aliphatic rings. The second kappa shape index (κ2) is 20.5. The zero-order valence-corrected chi connectivity index (χ0v) is 25.8. The summed E-state index contributed by atoms with van der Waals surface area (Å²) in [5.41, 5.74) is 1.41. The van der Waals surface area contributed by atoms with Crippen LogP contribution in [0.4, 0.5) is 0 Å². The Morgan fingerprint density at radius 2 is 1.08 bits per heavy atom. The van der Waals surface area contributed by atoms with Crippen LogP contribution in [0, 0.1) is 5.92 Å². The first kappa shape index (κ1) is 31.1. The van der Waals surface area contributed by atoms with Gasteiger partial charge in [-0.05, 0) is 72.3 Å². The highest BCUT2D eigenvalue weighted by atomic mass is 79.9. The molecule has 0 amide bonds. The molecule has 0 aromatic carbocycles. The Labute approximate surface area is 239 Å². The predicted octanol–water partition coefficient (Wildman–Crippen LogP) is 11.1. The molecule has 0 saturated carbocycles. The molecule has 3 heteroatoms. The molecule has 0 radical (unpaired) electrons. The van der Waals surface area contributed by atoms with E-state index in [4.69, 9.17) is 0 Å². The van der Waals surface area contributed by atoms with Gasteiger partial charge in [0.2, 0.25) is 0 Å². The van der Waals surface area contributed by atoms with Gasteiger partial charge in [-0.3, -0.25) is 0 Å². The summed E-state index contributed by atoms with van der Waals surface area (Å²) >= 11 is 3.51. The summed E-state index contributed by atoms with van der Waals surface area (Å²) in [4.78, 5) is 7.37. The number of pyridine rings is 1. The molecular formula is C34H59BrN2. The van der Waals surface area contributed by atoms with E-state index in [0.717, 1.165) is 10.5 Å². The first-order valence-corrected chi connectivity index (χ1v) is 17.4. The summed E-state index contributed by atoms with van der Waals surface area (Å²) in [6.07, 6.45) is 38.3. The van der Waals surface area contributed by atoms with Gasteiger partial charge in [0, 0.05) is 12.2 Å². The molecule has 3 atom stereocenters. The molecule has 4 heterocycles. The lowest BCUT2D eigenvalue weighted by Gasteiger charge is -2.40. The van der Waals surface area contributed by atoms with E-state index < -0.39 is 0 Å². The second-order valence-electron chi connectivity index (χ2n) is 12.5. The fourth-order valence-electron chi connectivity index (χ4n) is 6.86. The average Bonchev–Trinajstić information content (AvgIpc) is 2.91. The monoisotopic (exact) mass is 574 g/mol. The third kappa shape index (κ3) is 14.5. The zero-order valence-electron chi connectivity index (χ0n) is 24.3. The normalized spacial score (nSPS) is 27.9. The molecule has 0 aliphatic carbocycles. The zero-order chi connectivity index (χ0) is 25.8. The van der Waals surface area contributed by atoms with Crippen LogP contribution in [0.3, 0.4) is 0 Å². The maximum absolute atomic E-state index is 4.52. The van der Waals surface area contributed by atoms with Gasteiger partial charge in [0.15, 0.2) is 0 Å². The highest BCUT2D eigenvalue weighted by Crippen LogP contribution is 2.30. The SMILES string of the molecule is Brc1ccc(CC2CC3CCCCCCCCCCCCCCCCCCCCCCCN2CC3)cn1. The van der Waals surface area contributed by atoms with Gasteiger partial charge >= 0.3 is 0 Å². The number of aromatic nitrogens is 1. The van der Waals surface area contributed by atoms with Crippen LogP contribution < -0.4 is 0 Å². The summed E-state index contributed by atoms with van der Waals surface area (Å²) < 4.78 is 0.952. The van der Waals surface area contributed by atoms with Gasteiger partial charge in [0.05, 0.1) is 0 Å². The molecule has 3 aliphatic heterocycles. The van der Waals surface area contributed by atoms with Crippen LogP contribution in [0.25, 0.3) is 0 Å². The lowest BCUT2D eigenvalue weighted by Crippen LogP contribution is -2.44. The van der Waals surface area contributed by atoms with E-state index in [2.05, 4.69) is 44.1 Å². The Morgan fingerprint density at radius 3 is 1.57 bits per heavy atom. The number of halogens is 1. The van der Waals surface area contributed by atoms with Crippen molar-refractivity contribution in [2.45, 2.75) is 167 Å². The fourth-order valence-corrected chi connectivity index (χ4v) is 7.09. The number of rotatable bonds is 2. The molecule has 2 nitrogen and oxygen atoms in total. The fraction of sp³-hybridized carbons (Fsp3) is 0.853. The maximum atomic E-state index is 4.52. The van der Waals surface area contributed by atoms with Crippen molar-refractivity contribution in [2.75, 3.05) is 13.1 Å². The van der Waals surface area contributed by atoms with Gasteiger partial charge < -0.3 is 4.90 Å². The Kier molecular flexibility index (Phi) is 17.2. The van der Waals surface area contributed by atoms with Crippen molar-refractivity contribution in [1.29, 1.82) is 0 Å². The van der Waals surface area contributed by atoms with Gasteiger partial charge in [-0.2, -0.15) is 0 Å². The quantitative estimate of drug-likeness (QED) is 0.326. The molecule has 1 aromatic heterocycles. The van der Waals surface area contributed by atoms with E-state index in [0.29, 0.717) is 6.04 Å². The minimum Gasteiger partial charge on any atom is -0.300 e. The molecule has 0 spiro atoms. The molecule has 4 rings (SSSR count). The highest BCUT2D eigenvalue weighted by Gasteiger charge is 2.28. The highest BCUT2D eigenvalue weighted by molar-refractivity contribution is 9.10. The van der Waals surface area contributed by atoms with E-state index in [1.807, 2.05) is 0 Å². The van der Waals surface area contributed by atoms with Crippen molar-refractivity contribution in [2.24, 2.45) is 5.92 Å². The Balaban J connectivity index is 1.43. The summed E-state index contributed by atoms with van der Waals surface area (Å²) in [6, 6.07) is 5.11. The summed E-state index contributed by atoms with van der Waals surface area (Å²) in [5.74, 6) is 0.937. The van der Waals surface area contributed by atoms with Gasteiger partial charge in [-0.15, -0.1) is 0 Å². The van der Waals surface area contributed by atoms with Gasteiger partial charge in [-0.1, -0.05) is 141 Å². The number of hydrogen-bond donors (Lipinski definition) is 0. The largest absolute Gasteiger partial charge is 0.300 e. The summed E-state index contributed by atoms with van der Waals surface area (Å²) in [6.45, 7) is 2.63. The van der Waals surface area contributed by atoms with Crippen LogP contribution in [0.1, 0.15) is 160 Å². The Morgan fingerprint density at radius 1 is 0.595 bits per heavy atom. The molecule has 212 valence electrons. The minimum absolute atomic E-state index is 0.712. The van der Waals surface area contributed by atoms with Gasteiger partial charge in [0.1, 0.15) is 4.60 Å². The van der Waals surface area contributed by atoms with Crippen molar-refractivity contribution in [1.82, 2.24) is 9.88 Å². The van der Waals surface area contributed by atoms with Gasteiger partial charge in [-0.25, -0.2) is 4.98 Å². The van der Waals surface area contributed by atoms with Crippen molar-refractivity contribution >= 4 is 15.9 Å². The maximum Gasteiger partial charge on any atom is 0.106 e. The Hall–Kier alpha value is -0.410. The predicted molar refractivity (Wildman–Crippen MR) is 165 cm³/mol. The van der Waals surface area contributed by atoms with Crippen LogP contribution in [-0.2, 0) is 6.42 Å². The summed E-state index contributed by atoms with van der Waals surface area (Å²) in [7, 11) is 0. The standard InChI is InChI=1S/C34H59BrN2/c35-34-24-23-32(30-36-34)29-33-28-31-22-20-18-16-14-12-10-8-6-4-2-1-3-5-7-9-11-13-15-17-19-21-26-37(33)27-25-31/h23-24,30-31,33H,1-22,25-29H2. The first-order valence-electron chi connectivity index (χ1n) is 16.7. The van der Waals surface area contributed by atoms with E-state index in [1.54, 1.807) is 0 Å². The molecule has 2 bridgehead atoms. The van der Waals surface area contributed by atoms with Crippen LogP contribution in [0.5, 0.6) is 0 Å². The molecule has 1 aromatic rings. The smallest absolute Gasteiger partial charge is 0.106 e. The molecule has 3 saturated heterocycles. The van der Waals surface area contributed by atoms with Crippen LogP contribution in [0.15, 0.2) is 22.9 Å². The number of hydrogen-bond acceptors (Lipinski definition) is 2. The lowest BCUT2D eigenvalue weighted by atomic mass is 9.84. The Bertz CT molecular complexity index is 656. The van der Waals surface area contributed by atoms with Crippen LogP contribution in [0.2, 0.25) is 0 Å². The first-order chi connectivity index (χ1) is 18.3. The molecule has 3 fully saturated rings. The average molecular weight is 576 g/mol. The third-order valence-corrected chi connectivity index (χ3v) is 9.73. The van der Waals surface area contributed by atoms with E-state index in [1.165, 1.54) is 179 Å². The molecular weight excluding hydrogens is 516 g/mol. The topological polar surface area (TPSA) is 16.1 Å². The summed E-state index contributed by atoms with van der Waals surface area (Å²) in [5, 5.41) is 0. The number of piperidine rings is 1. The van der Waals surface area contributed by atoms with E-state index in [9.17, 15) is 0 Å². The van der Waals surface area contributed by atoms with Crippen molar-refractivity contribution < 1.29 is 0 Å². The minimum atomic E-state index is 0.712. The molecule has 37 heavy (non-hydrogen) atoms. The van der Waals surface area contributed by atoms with E-state index >= 15 is 0 Å². The number of nitrogens with zero attached hydrogens (tertiary/aromatic N) is 2.